The second kappa shape index (κ2) is 6.81. The fourth-order valence-corrected chi connectivity index (χ4v) is 3.28. The molecular formula is C17H17N5OS. The predicted molar refractivity (Wildman–Crippen MR) is 92.9 cm³/mol. The van der Waals surface area contributed by atoms with Gasteiger partial charge in [0, 0.05) is 17.1 Å². The summed E-state index contributed by atoms with van der Waals surface area (Å²) in [5, 5.41) is 16.1. The number of rotatable bonds is 5. The first-order valence-corrected chi connectivity index (χ1v) is 8.53. The highest BCUT2D eigenvalue weighted by molar-refractivity contribution is 7.09. The second-order valence-corrected chi connectivity index (χ2v) is 6.44. The lowest BCUT2D eigenvalue weighted by atomic mass is 10.1. The number of aromatic nitrogens is 3. The second-order valence-electron chi connectivity index (χ2n) is 5.41. The number of thiophene rings is 1. The van der Waals surface area contributed by atoms with Crippen molar-refractivity contribution in [1.29, 1.82) is 5.26 Å². The normalized spacial score (nSPS) is 10.7. The predicted octanol–water partition coefficient (Wildman–Crippen LogP) is 2.84. The third-order valence-corrected chi connectivity index (χ3v) is 4.65. The van der Waals surface area contributed by atoms with E-state index in [1.165, 1.54) is 9.78 Å². The smallest absolute Gasteiger partial charge is 0.255 e. The van der Waals surface area contributed by atoms with Crippen LogP contribution >= 0.6 is 11.3 Å². The van der Waals surface area contributed by atoms with Gasteiger partial charge in [0.05, 0.1) is 29.8 Å². The molecule has 0 radical (unpaired) electrons. The van der Waals surface area contributed by atoms with E-state index in [0.717, 1.165) is 11.1 Å². The quantitative estimate of drug-likeness (QED) is 0.670. The summed E-state index contributed by atoms with van der Waals surface area (Å²) < 4.78 is 1.81. The van der Waals surface area contributed by atoms with Gasteiger partial charge in [0.25, 0.3) is 5.91 Å². The SMILES string of the molecule is CCN(CC#N)C(=O)c1cc(C)nc2c1cnn2Cc1cccs1. The monoisotopic (exact) mass is 339 g/mol. The number of amides is 1. The van der Waals surface area contributed by atoms with E-state index in [0.29, 0.717) is 24.3 Å². The van der Waals surface area contributed by atoms with E-state index in [1.807, 2.05) is 42.1 Å². The van der Waals surface area contributed by atoms with Crippen LogP contribution in [-0.2, 0) is 6.54 Å². The number of aryl methyl sites for hydroxylation is 1. The highest BCUT2D eigenvalue weighted by Crippen LogP contribution is 2.21. The van der Waals surface area contributed by atoms with Gasteiger partial charge >= 0.3 is 0 Å². The molecule has 0 aliphatic carbocycles. The fourth-order valence-electron chi connectivity index (χ4n) is 2.60. The van der Waals surface area contributed by atoms with Gasteiger partial charge in [-0.25, -0.2) is 9.67 Å². The summed E-state index contributed by atoms with van der Waals surface area (Å²) >= 11 is 1.66. The van der Waals surface area contributed by atoms with Gasteiger partial charge in [-0.2, -0.15) is 10.4 Å². The minimum Gasteiger partial charge on any atom is -0.326 e. The van der Waals surface area contributed by atoms with Gasteiger partial charge < -0.3 is 4.90 Å². The molecule has 3 heterocycles. The van der Waals surface area contributed by atoms with Crippen LogP contribution in [0.1, 0.15) is 27.9 Å². The van der Waals surface area contributed by atoms with Gasteiger partial charge in [0.1, 0.15) is 6.54 Å². The summed E-state index contributed by atoms with van der Waals surface area (Å²) in [5.74, 6) is -0.162. The van der Waals surface area contributed by atoms with Crippen molar-refractivity contribution in [3.8, 4) is 6.07 Å². The summed E-state index contributed by atoms with van der Waals surface area (Å²) in [4.78, 5) is 20.0. The Morgan fingerprint density at radius 1 is 1.50 bits per heavy atom. The van der Waals surface area contributed by atoms with Gasteiger partial charge in [-0.05, 0) is 31.4 Å². The molecule has 0 unspecified atom stereocenters. The summed E-state index contributed by atoms with van der Waals surface area (Å²) in [5.41, 5.74) is 2.00. The maximum atomic E-state index is 12.8. The zero-order chi connectivity index (χ0) is 17.1. The zero-order valence-electron chi connectivity index (χ0n) is 13.6. The van der Waals surface area contributed by atoms with Crippen LogP contribution in [0.4, 0.5) is 0 Å². The number of nitriles is 1. The zero-order valence-corrected chi connectivity index (χ0v) is 14.4. The van der Waals surface area contributed by atoms with E-state index in [1.54, 1.807) is 23.6 Å². The number of nitrogens with zero attached hydrogens (tertiary/aromatic N) is 5. The van der Waals surface area contributed by atoms with E-state index >= 15 is 0 Å². The van der Waals surface area contributed by atoms with E-state index in [4.69, 9.17) is 5.26 Å². The van der Waals surface area contributed by atoms with Crippen molar-refractivity contribution in [3.05, 3.63) is 45.9 Å². The topological polar surface area (TPSA) is 74.8 Å². The van der Waals surface area contributed by atoms with E-state index in [9.17, 15) is 4.79 Å². The van der Waals surface area contributed by atoms with Crippen LogP contribution in [-0.4, -0.2) is 38.7 Å². The first-order valence-electron chi connectivity index (χ1n) is 7.65. The Labute approximate surface area is 144 Å². The van der Waals surface area contributed by atoms with Crippen LogP contribution in [0.2, 0.25) is 0 Å². The van der Waals surface area contributed by atoms with Gasteiger partial charge in [-0.15, -0.1) is 11.3 Å². The minimum atomic E-state index is -0.162. The van der Waals surface area contributed by atoms with Gasteiger partial charge in [0.2, 0.25) is 0 Å². The highest BCUT2D eigenvalue weighted by Gasteiger charge is 2.20. The molecule has 3 aromatic rings. The average molecular weight is 339 g/mol. The lowest BCUT2D eigenvalue weighted by Gasteiger charge is -2.17. The van der Waals surface area contributed by atoms with Gasteiger partial charge in [-0.3, -0.25) is 4.79 Å². The largest absolute Gasteiger partial charge is 0.326 e. The number of carbonyl (C=O) groups excluding carboxylic acids is 1. The first kappa shape index (κ1) is 16.1. The van der Waals surface area contributed by atoms with Crippen LogP contribution in [0, 0.1) is 18.3 Å². The molecule has 0 N–H and O–H groups in total. The van der Waals surface area contributed by atoms with Crippen LogP contribution in [0.15, 0.2) is 29.8 Å². The lowest BCUT2D eigenvalue weighted by Crippen LogP contribution is -2.31. The summed E-state index contributed by atoms with van der Waals surface area (Å²) in [6.45, 7) is 4.90. The Morgan fingerprint density at radius 2 is 2.33 bits per heavy atom. The molecule has 0 aliphatic rings. The average Bonchev–Trinajstić information content (AvgIpc) is 3.22. The maximum Gasteiger partial charge on any atom is 0.255 e. The number of hydrogen-bond donors (Lipinski definition) is 0. The van der Waals surface area contributed by atoms with Crippen molar-refractivity contribution in [2.45, 2.75) is 20.4 Å². The Hall–Kier alpha value is -2.72. The first-order chi connectivity index (χ1) is 11.6. The summed E-state index contributed by atoms with van der Waals surface area (Å²) in [7, 11) is 0. The molecule has 3 aromatic heterocycles. The van der Waals surface area contributed by atoms with E-state index in [2.05, 4.69) is 10.1 Å². The Morgan fingerprint density at radius 3 is 3.00 bits per heavy atom. The van der Waals surface area contributed by atoms with Crippen LogP contribution in [0.3, 0.4) is 0 Å². The van der Waals surface area contributed by atoms with Crippen LogP contribution in [0.5, 0.6) is 0 Å². The van der Waals surface area contributed by atoms with Crippen molar-refractivity contribution in [1.82, 2.24) is 19.7 Å². The number of hydrogen-bond acceptors (Lipinski definition) is 5. The molecule has 6 nitrogen and oxygen atoms in total. The van der Waals surface area contributed by atoms with Crippen molar-refractivity contribution in [3.63, 3.8) is 0 Å². The van der Waals surface area contributed by atoms with Crippen LogP contribution < -0.4 is 0 Å². The van der Waals surface area contributed by atoms with Crippen molar-refractivity contribution < 1.29 is 4.79 Å². The Bertz CT molecular complexity index is 907. The number of fused-ring (bicyclic) bond motifs is 1. The molecule has 0 aromatic carbocycles. The van der Waals surface area contributed by atoms with Crippen molar-refractivity contribution in [2.75, 3.05) is 13.1 Å². The summed E-state index contributed by atoms with van der Waals surface area (Å²) in [6.07, 6.45) is 1.68. The summed E-state index contributed by atoms with van der Waals surface area (Å²) in [6, 6.07) is 7.85. The van der Waals surface area contributed by atoms with Crippen LogP contribution in [0.25, 0.3) is 11.0 Å². The molecule has 0 saturated heterocycles. The number of pyridine rings is 1. The molecular weight excluding hydrogens is 322 g/mol. The Kier molecular flexibility index (Phi) is 4.58. The lowest BCUT2D eigenvalue weighted by molar-refractivity contribution is 0.0786. The standard InChI is InChI=1S/C17H17N5OS/c1-3-21(7-6-18)17(23)14-9-12(2)20-16-15(14)10-19-22(16)11-13-5-4-8-24-13/h4-5,8-10H,3,7,11H2,1-2H3. The maximum absolute atomic E-state index is 12.8. The fraction of sp³-hybridized carbons (Fsp3) is 0.294. The van der Waals surface area contributed by atoms with Gasteiger partial charge in [0.15, 0.2) is 5.65 Å². The van der Waals surface area contributed by atoms with Gasteiger partial charge in [-0.1, -0.05) is 6.07 Å². The van der Waals surface area contributed by atoms with E-state index in [-0.39, 0.29) is 12.5 Å². The molecule has 24 heavy (non-hydrogen) atoms. The molecule has 122 valence electrons. The molecule has 0 aliphatic heterocycles. The number of carbonyl (C=O) groups is 1. The molecule has 1 amide bonds. The van der Waals surface area contributed by atoms with Crippen molar-refractivity contribution in [2.24, 2.45) is 0 Å². The highest BCUT2D eigenvalue weighted by atomic mass is 32.1. The Balaban J connectivity index is 2.05. The van der Waals surface area contributed by atoms with Crippen molar-refractivity contribution >= 4 is 28.3 Å². The molecule has 0 bridgehead atoms. The molecule has 0 spiro atoms. The molecule has 3 rings (SSSR count). The molecule has 0 atom stereocenters. The van der Waals surface area contributed by atoms with E-state index < -0.39 is 0 Å². The minimum absolute atomic E-state index is 0.0710. The molecule has 0 fully saturated rings. The molecule has 7 heteroatoms. The molecule has 0 saturated carbocycles. The third-order valence-electron chi connectivity index (χ3n) is 3.78. The third kappa shape index (κ3) is 3.01.